The predicted octanol–water partition coefficient (Wildman–Crippen LogP) is 4.66. The third kappa shape index (κ3) is 4.52. The molecule has 2 aromatic carbocycles. The highest BCUT2D eigenvalue weighted by atomic mass is 32.1. The first kappa shape index (κ1) is 23.8. The molecule has 2 amide bonds. The van der Waals surface area contributed by atoms with Crippen LogP contribution in [0.5, 0.6) is 5.75 Å². The second kappa shape index (κ2) is 9.62. The van der Waals surface area contributed by atoms with Crippen LogP contribution in [0.15, 0.2) is 72.1 Å². The number of carbonyl (C=O) groups is 2. The molecule has 1 aliphatic heterocycles. The van der Waals surface area contributed by atoms with E-state index in [1.165, 1.54) is 0 Å². The number of hydrogen-bond donors (Lipinski definition) is 1. The van der Waals surface area contributed by atoms with Crippen LogP contribution in [0, 0.1) is 6.92 Å². The van der Waals surface area contributed by atoms with Crippen LogP contribution in [0.2, 0.25) is 0 Å². The van der Waals surface area contributed by atoms with Gasteiger partial charge < -0.3 is 15.0 Å². The second-order valence-corrected chi connectivity index (χ2v) is 10.2. The summed E-state index contributed by atoms with van der Waals surface area (Å²) >= 11 is 1.57. The molecule has 184 valence electrons. The van der Waals surface area contributed by atoms with E-state index in [2.05, 4.69) is 5.32 Å². The van der Waals surface area contributed by atoms with Crippen LogP contribution >= 0.6 is 11.3 Å². The summed E-state index contributed by atoms with van der Waals surface area (Å²) in [7, 11) is 1.62. The first-order valence-electron chi connectivity index (χ1n) is 11.8. The van der Waals surface area contributed by atoms with Gasteiger partial charge in [0.15, 0.2) is 0 Å². The number of thiophene rings is 1. The van der Waals surface area contributed by atoms with Crippen LogP contribution in [0.25, 0.3) is 10.6 Å². The van der Waals surface area contributed by atoms with Crippen LogP contribution in [0.1, 0.15) is 34.1 Å². The van der Waals surface area contributed by atoms with Gasteiger partial charge in [-0.2, -0.15) is 5.10 Å². The number of nitrogens with one attached hydrogen (secondary N) is 1. The second-order valence-electron chi connectivity index (χ2n) is 9.23. The maximum Gasteiger partial charge on any atom is 0.273 e. The number of fused-ring (bicyclic) bond motifs is 1. The standard InChI is InChI=1S/C28H28N4O3S/c1-19-6-8-21(9-7-19)17-31-26(33)24-15-23(25-5-4-14-36-25)30-32(24)18-28(31,2)27(34)29-16-20-10-12-22(35-3)13-11-20/h4-15H,16-18H2,1-3H3,(H,29,34). The van der Waals surface area contributed by atoms with Gasteiger partial charge in [-0.25, -0.2) is 0 Å². The van der Waals surface area contributed by atoms with Gasteiger partial charge in [-0.3, -0.25) is 14.3 Å². The van der Waals surface area contributed by atoms with E-state index in [1.807, 2.05) is 86.0 Å². The number of nitrogens with zero attached hydrogens (tertiary/aromatic N) is 3. The summed E-state index contributed by atoms with van der Waals surface area (Å²) in [5.41, 5.74) is 3.16. The van der Waals surface area contributed by atoms with E-state index in [0.717, 1.165) is 33.0 Å². The molecule has 1 aliphatic rings. The molecule has 3 heterocycles. The van der Waals surface area contributed by atoms with Crippen molar-refractivity contribution in [1.29, 1.82) is 0 Å². The van der Waals surface area contributed by atoms with Crippen LogP contribution in [-0.4, -0.2) is 39.1 Å². The number of ether oxygens (including phenoxy) is 1. The molecule has 0 saturated heterocycles. The third-order valence-corrected chi connectivity index (χ3v) is 7.53. The minimum Gasteiger partial charge on any atom is -0.497 e. The van der Waals surface area contributed by atoms with Gasteiger partial charge in [-0.15, -0.1) is 11.3 Å². The Morgan fingerprint density at radius 1 is 1.11 bits per heavy atom. The molecule has 8 heteroatoms. The normalized spacial score (nSPS) is 17.1. The molecule has 1 unspecified atom stereocenters. The fourth-order valence-corrected chi connectivity index (χ4v) is 5.11. The highest BCUT2D eigenvalue weighted by molar-refractivity contribution is 7.13. The van der Waals surface area contributed by atoms with E-state index in [9.17, 15) is 9.59 Å². The monoisotopic (exact) mass is 500 g/mol. The first-order valence-corrected chi connectivity index (χ1v) is 12.7. The number of carbonyl (C=O) groups excluding carboxylic acids is 2. The molecule has 0 spiro atoms. The number of benzene rings is 2. The quantitative estimate of drug-likeness (QED) is 0.401. The zero-order chi connectivity index (χ0) is 25.3. The smallest absolute Gasteiger partial charge is 0.273 e. The number of hydrogen-bond acceptors (Lipinski definition) is 5. The topological polar surface area (TPSA) is 76.5 Å². The fourth-order valence-electron chi connectivity index (χ4n) is 4.43. The van der Waals surface area contributed by atoms with Crippen molar-refractivity contribution in [2.45, 2.75) is 39.0 Å². The van der Waals surface area contributed by atoms with Crippen molar-refractivity contribution in [3.05, 3.63) is 94.5 Å². The number of methoxy groups -OCH3 is 1. The molecular formula is C28H28N4O3S. The summed E-state index contributed by atoms with van der Waals surface area (Å²) in [5, 5.41) is 9.72. The molecule has 4 aromatic rings. The van der Waals surface area contributed by atoms with Gasteiger partial charge in [0.2, 0.25) is 5.91 Å². The summed E-state index contributed by atoms with van der Waals surface area (Å²) < 4.78 is 6.89. The summed E-state index contributed by atoms with van der Waals surface area (Å²) in [5.74, 6) is 0.323. The van der Waals surface area contributed by atoms with E-state index in [0.29, 0.717) is 18.8 Å². The molecule has 1 atom stereocenters. The summed E-state index contributed by atoms with van der Waals surface area (Å²) in [4.78, 5) is 30.2. The van der Waals surface area contributed by atoms with E-state index in [1.54, 1.807) is 28.0 Å². The number of rotatable bonds is 7. The Kier molecular flexibility index (Phi) is 6.36. The van der Waals surface area contributed by atoms with E-state index < -0.39 is 5.54 Å². The molecule has 5 rings (SSSR count). The van der Waals surface area contributed by atoms with Crippen molar-refractivity contribution in [2.75, 3.05) is 7.11 Å². The third-order valence-electron chi connectivity index (χ3n) is 6.63. The lowest BCUT2D eigenvalue weighted by Crippen LogP contribution is -2.63. The van der Waals surface area contributed by atoms with Crippen molar-refractivity contribution >= 4 is 23.2 Å². The molecule has 1 N–H and O–H groups in total. The zero-order valence-electron chi connectivity index (χ0n) is 20.5. The summed E-state index contributed by atoms with van der Waals surface area (Å²) in [6.07, 6.45) is 0. The van der Waals surface area contributed by atoms with Gasteiger partial charge in [0.1, 0.15) is 22.7 Å². The Morgan fingerprint density at radius 3 is 2.50 bits per heavy atom. The lowest BCUT2D eigenvalue weighted by molar-refractivity contribution is -0.133. The molecular weight excluding hydrogens is 472 g/mol. The van der Waals surface area contributed by atoms with Crippen molar-refractivity contribution < 1.29 is 14.3 Å². The molecule has 0 saturated carbocycles. The highest BCUT2D eigenvalue weighted by Gasteiger charge is 2.48. The first-order chi connectivity index (χ1) is 17.4. The molecule has 0 fully saturated rings. The van der Waals surface area contributed by atoms with E-state index in [4.69, 9.17) is 9.84 Å². The Morgan fingerprint density at radius 2 is 1.83 bits per heavy atom. The van der Waals surface area contributed by atoms with Crippen molar-refractivity contribution in [3.63, 3.8) is 0 Å². The zero-order valence-corrected chi connectivity index (χ0v) is 21.3. The Balaban J connectivity index is 1.46. The van der Waals surface area contributed by atoms with Crippen LogP contribution < -0.4 is 10.1 Å². The molecule has 0 radical (unpaired) electrons. The largest absolute Gasteiger partial charge is 0.497 e. The van der Waals surface area contributed by atoms with Crippen LogP contribution in [0.3, 0.4) is 0 Å². The maximum absolute atomic E-state index is 13.8. The average molecular weight is 501 g/mol. The van der Waals surface area contributed by atoms with Gasteiger partial charge in [0.25, 0.3) is 5.91 Å². The number of aryl methyl sites for hydroxylation is 1. The van der Waals surface area contributed by atoms with Crippen molar-refractivity contribution in [1.82, 2.24) is 20.0 Å². The molecule has 36 heavy (non-hydrogen) atoms. The molecule has 0 bridgehead atoms. The Bertz CT molecular complexity index is 1380. The highest BCUT2D eigenvalue weighted by Crippen LogP contribution is 2.32. The van der Waals surface area contributed by atoms with Crippen LogP contribution in [0.4, 0.5) is 0 Å². The Labute approximate surface area is 214 Å². The minimum absolute atomic E-state index is 0.209. The lowest BCUT2D eigenvalue weighted by Gasteiger charge is -2.43. The van der Waals surface area contributed by atoms with Gasteiger partial charge in [0.05, 0.1) is 18.5 Å². The molecule has 2 aromatic heterocycles. The summed E-state index contributed by atoms with van der Waals surface area (Å²) in [6, 6.07) is 21.3. The Hall–Kier alpha value is -3.91. The van der Waals surface area contributed by atoms with Gasteiger partial charge in [-0.05, 0) is 54.6 Å². The number of amides is 2. The van der Waals surface area contributed by atoms with Crippen molar-refractivity contribution in [3.8, 4) is 16.3 Å². The lowest BCUT2D eigenvalue weighted by atomic mass is 9.94. The van der Waals surface area contributed by atoms with Gasteiger partial charge >= 0.3 is 0 Å². The van der Waals surface area contributed by atoms with E-state index in [-0.39, 0.29) is 18.4 Å². The predicted molar refractivity (Wildman–Crippen MR) is 140 cm³/mol. The van der Waals surface area contributed by atoms with Gasteiger partial charge in [-0.1, -0.05) is 48.0 Å². The molecule has 7 nitrogen and oxygen atoms in total. The van der Waals surface area contributed by atoms with E-state index >= 15 is 0 Å². The SMILES string of the molecule is COc1ccc(CNC(=O)C2(C)Cn3nc(-c4cccs4)cc3C(=O)N2Cc2ccc(C)cc2)cc1. The number of aromatic nitrogens is 2. The summed E-state index contributed by atoms with van der Waals surface area (Å²) in [6.45, 7) is 4.78. The van der Waals surface area contributed by atoms with Crippen LogP contribution in [-0.2, 0) is 24.4 Å². The average Bonchev–Trinajstić information content (AvgIpc) is 3.57. The fraction of sp³-hybridized carbons (Fsp3) is 0.250. The van der Waals surface area contributed by atoms with Crippen molar-refractivity contribution in [2.24, 2.45) is 0 Å². The van der Waals surface area contributed by atoms with Gasteiger partial charge in [0, 0.05) is 13.1 Å². The molecule has 0 aliphatic carbocycles. The maximum atomic E-state index is 13.8. The minimum atomic E-state index is -1.12.